The van der Waals surface area contributed by atoms with Crippen LogP contribution in [-0.2, 0) is 14.3 Å². The lowest BCUT2D eigenvalue weighted by atomic mass is 10.3. The number of anilines is 1. The average molecular weight is 426 g/mol. The Balaban J connectivity index is 1.34. The van der Waals surface area contributed by atoms with Gasteiger partial charge < -0.3 is 14.8 Å². The van der Waals surface area contributed by atoms with Gasteiger partial charge in [-0.2, -0.15) is 5.10 Å². The normalized spacial score (nSPS) is 13.0. The van der Waals surface area contributed by atoms with Crippen LogP contribution < -0.4 is 10.1 Å². The lowest BCUT2D eigenvalue weighted by Crippen LogP contribution is -2.24. The van der Waals surface area contributed by atoms with Gasteiger partial charge in [0.05, 0.1) is 16.4 Å². The van der Waals surface area contributed by atoms with E-state index in [-0.39, 0.29) is 6.61 Å². The van der Waals surface area contributed by atoms with E-state index >= 15 is 0 Å². The van der Waals surface area contributed by atoms with Crippen molar-refractivity contribution in [3.05, 3.63) is 71.4 Å². The number of ether oxygens (including phenoxy) is 2. The number of nitrogens with zero attached hydrogens (tertiary/aromatic N) is 2. The largest absolute Gasteiger partial charge is 0.480 e. The van der Waals surface area contributed by atoms with Crippen LogP contribution in [0, 0.1) is 0 Å². The Labute approximate surface area is 178 Å². The summed E-state index contributed by atoms with van der Waals surface area (Å²) in [6, 6.07) is 18.2. The van der Waals surface area contributed by atoms with Crippen LogP contribution in [0.25, 0.3) is 5.69 Å². The molecule has 1 saturated carbocycles. The summed E-state index contributed by atoms with van der Waals surface area (Å²) < 4.78 is 12.0. The van der Waals surface area contributed by atoms with Gasteiger partial charge in [-0.15, -0.1) is 0 Å². The van der Waals surface area contributed by atoms with Gasteiger partial charge in [-0.05, 0) is 37.1 Å². The van der Waals surface area contributed by atoms with Crippen molar-refractivity contribution in [3.8, 4) is 11.4 Å². The molecule has 30 heavy (non-hydrogen) atoms. The number of esters is 1. The number of hydrogen-bond acceptors (Lipinski definition) is 5. The number of rotatable bonds is 8. The Morgan fingerprint density at radius 3 is 2.53 bits per heavy atom. The first kappa shape index (κ1) is 20.0. The topological polar surface area (TPSA) is 82.5 Å². The van der Waals surface area contributed by atoms with Crippen LogP contribution in [0.3, 0.4) is 0 Å². The summed E-state index contributed by atoms with van der Waals surface area (Å²) >= 11 is 5.97. The zero-order chi connectivity index (χ0) is 20.9. The number of para-hydroxylation sites is 2. The minimum Gasteiger partial charge on any atom is -0.480 e. The molecule has 1 fully saturated rings. The van der Waals surface area contributed by atoms with Gasteiger partial charge >= 0.3 is 5.97 Å². The molecule has 1 aliphatic carbocycles. The Kier molecular flexibility index (Phi) is 5.99. The second-order valence-corrected chi connectivity index (χ2v) is 7.31. The lowest BCUT2D eigenvalue weighted by Gasteiger charge is -2.10. The highest BCUT2D eigenvalue weighted by atomic mass is 35.5. The standard InChI is InChI=1S/C22H20ClN3O4/c23-17-8-4-5-9-19(17)29-14-22(28)30-13-21(27)24-20-12-18(15-10-11-15)25-26(20)16-6-2-1-3-7-16/h1-9,12,15H,10-11,13-14H2,(H,24,27). The van der Waals surface area contributed by atoms with Crippen molar-refractivity contribution in [2.45, 2.75) is 18.8 Å². The van der Waals surface area contributed by atoms with E-state index in [1.165, 1.54) is 0 Å². The molecule has 0 spiro atoms. The molecule has 0 atom stereocenters. The molecule has 1 N–H and O–H groups in total. The number of halogens is 1. The molecule has 1 amide bonds. The van der Waals surface area contributed by atoms with Crippen molar-refractivity contribution in [2.75, 3.05) is 18.5 Å². The van der Waals surface area contributed by atoms with Gasteiger partial charge in [0, 0.05) is 12.0 Å². The quantitative estimate of drug-likeness (QED) is 0.552. The maximum atomic E-state index is 12.3. The number of benzene rings is 2. The fourth-order valence-electron chi connectivity index (χ4n) is 2.90. The molecule has 0 unspecified atom stereocenters. The smallest absolute Gasteiger partial charge is 0.344 e. The van der Waals surface area contributed by atoms with Gasteiger partial charge in [0.25, 0.3) is 5.91 Å². The summed E-state index contributed by atoms with van der Waals surface area (Å²) in [4.78, 5) is 24.2. The van der Waals surface area contributed by atoms with E-state index in [0.717, 1.165) is 24.2 Å². The van der Waals surface area contributed by atoms with E-state index in [9.17, 15) is 9.59 Å². The molecule has 8 heteroatoms. The predicted octanol–water partition coefficient (Wildman–Crippen LogP) is 3.96. The van der Waals surface area contributed by atoms with E-state index in [1.54, 1.807) is 28.9 Å². The fourth-order valence-corrected chi connectivity index (χ4v) is 3.09. The molecule has 1 aromatic heterocycles. The Bertz CT molecular complexity index is 1050. The number of aromatic nitrogens is 2. The summed E-state index contributed by atoms with van der Waals surface area (Å²) in [6.45, 7) is -0.770. The first-order valence-corrected chi connectivity index (χ1v) is 9.96. The second-order valence-electron chi connectivity index (χ2n) is 6.90. The number of amides is 1. The molecule has 4 rings (SSSR count). The van der Waals surface area contributed by atoms with Gasteiger partial charge in [-0.3, -0.25) is 4.79 Å². The van der Waals surface area contributed by atoms with Crippen molar-refractivity contribution in [3.63, 3.8) is 0 Å². The van der Waals surface area contributed by atoms with E-state index in [2.05, 4.69) is 10.4 Å². The molecule has 2 aromatic carbocycles. The van der Waals surface area contributed by atoms with Gasteiger partial charge in [-0.1, -0.05) is 41.9 Å². The van der Waals surface area contributed by atoms with Crippen molar-refractivity contribution in [2.24, 2.45) is 0 Å². The van der Waals surface area contributed by atoms with Crippen LogP contribution in [0.2, 0.25) is 5.02 Å². The molecule has 0 saturated heterocycles. The average Bonchev–Trinajstić information content (AvgIpc) is 3.53. The summed E-state index contributed by atoms with van der Waals surface area (Å²) in [7, 11) is 0. The van der Waals surface area contributed by atoms with Crippen LogP contribution in [0.4, 0.5) is 5.82 Å². The molecule has 0 aliphatic heterocycles. The molecule has 0 bridgehead atoms. The van der Waals surface area contributed by atoms with Gasteiger partial charge in [0.15, 0.2) is 13.2 Å². The predicted molar refractivity (Wildman–Crippen MR) is 112 cm³/mol. The molecule has 154 valence electrons. The molecular formula is C22H20ClN3O4. The van der Waals surface area contributed by atoms with Crippen molar-refractivity contribution in [1.29, 1.82) is 0 Å². The Morgan fingerprint density at radius 2 is 1.80 bits per heavy atom. The highest BCUT2D eigenvalue weighted by molar-refractivity contribution is 6.32. The third kappa shape index (κ3) is 4.99. The van der Waals surface area contributed by atoms with E-state index in [4.69, 9.17) is 21.1 Å². The van der Waals surface area contributed by atoms with Crippen LogP contribution in [0.5, 0.6) is 5.75 Å². The third-order valence-corrected chi connectivity index (χ3v) is 4.85. The minimum absolute atomic E-state index is 0.342. The van der Waals surface area contributed by atoms with Gasteiger partial charge in [-0.25, -0.2) is 9.48 Å². The molecular weight excluding hydrogens is 406 g/mol. The van der Waals surface area contributed by atoms with Gasteiger partial charge in [0.1, 0.15) is 11.6 Å². The second kappa shape index (κ2) is 9.00. The first-order valence-electron chi connectivity index (χ1n) is 9.58. The summed E-state index contributed by atoms with van der Waals surface area (Å²) in [5.74, 6) is 0.225. The van der Waals surface area contributed by atoms with Gasteiger partial charge in [0.2, 0.25) is 0 Å². The highest BCUT2D eigenvalue weighted by Gasteiger charge is 2.28. The lowest BCUT2D eigenvalue weighted by molar-refractivity contribution is -0.149. The fraction of sp³-hybridized carbons (Fsp3) is 0.227. The Morgan fingerprint density at radius 1 is 1.07 bits per heavy atom. The van der Waals surface area contributed by atoms with Crippen molar-refractivity contribution < 1.29 is 19.1 Å². The number of carbonyl (C=O) groups excluding carboxylic acids is 2. The van der Waals surface area contributed by atoms with Crippen molar-refractivity contribution in [1.82, 2.24) is 9.78 Å². The summed E-state index contributed by atoms with van der Waals surface area (Å²) in [5, 5.41) is 7.79. The van der Waals surface area contributed by atoms with Crippen LogP contribution in [0.15, 0.2) is 60.7 Å². The van der Waals surface area contributed by atoms with Crippen LogP contribution >= 0.6 is 11.6 Å². The van der Waals surface area contributed by atoms with E-state index < -0.39 is 18.5 Å². The molecule has 1 aliphatic rings. The summed E-state index contributed by atoms with van der Waals surface area (Å²) in [5.41, 5.74) is 1.78. The van der Waals surface area contributed by atoms with E-state index in [0.29, 0.717) is 22.5 Å². The Hall–Kier alpha value is -3.32. The number of nitrogens with one attached hydrogen (secondary N) is 1. The van der Waals surface area contributed by atoms with Crippen LogP contribution in [-0.4, -0.2) is 34.9 Å². The first-order chi connectivity index (χ1) is 14.6. The van der Waals surface area contributed by atoms with Crippen molar-refractivity contribution >= 4 is 29.3 Å². The minimum atomic E-state index is -0.666. The molecule has 1 heterocycles. The summed E-state index contributed by atoms with van der Waals surface area (Å²) in [6.07, 6.45) is 2.20. The molecule has 7 nitrogen and oxygen atoms in total. The van der Waals surface area contributed by atoms with E-state index in [1.807, 2.05) is 36.4 Å². The monoisotopic (exact) mass is 425 g/mol. The zero-order valence-corrected chi connectivity index (χ0v) is 16.8. The third-order valence-electron chi connectivity index (χ3n) is 4.54. The maximum Gasteiger partial charge on any atom is 0.344 e. The number of hydrogen-bond donors (Lipinski definition) is 1. The molecule has 3 aromatic rings. The SMILES string of the molecule is O=C(COC(=O)COc1ccccc1Cl)Nc1cc(C2CC2)nn1-c1ccccc1. The highest BCUT2D eigenvalue weighted by Crippen LogP contribution is 2.40. The number of carbonyl (C=O) groups is 2. The van der Waals surface area contributed by atoms with Crippen LogP contribution in [0.1, 0.15) is 24.5 Å². The molecule has 0 radical (unpaired) electrons. The maximum absolute atomic E-state index is 12.3. The zero-order valence-electron chi connectivity index (χ0n) is 16.1.